The van der Waals surface area contributed by atoms with Gasteiger partial charge in [-0.15, -0.1) is 11.8 Å². The number of thioether (sulfide) groups is 1. The van der Waals surface area contributed by atoms with Gasteiger partial charge in [0.05, 0.1) is 12.0 Å². The van der Waals surface area contributed by atoms with Crippen LogP contribution >= 0.6 is 11.8 Å². The third-order valence-corrected chi connectivity index (χ3v) is 6.41. The van der Waals surface area contributed by atoms with Gasteiger partial charge in [-0.3, -0.25) is 4.90 Å². The van der Waals surface area contributed by atoms with Crippen LogP contribution in [0.1, 0.15) is 22.1 Å². The van der Waals surface area contributed by atoms with E-state index in [1.807, 2.05) is 17.8 Å². The molecule has 1 unspecified atom stereocenters. The lowest BCUT2D eigenvalue weighted by Gasteiger charge is -2.24. The Balaban J connectivity index is 1.28. The van der Waals surface area contributed by atoms with Crippen molar-refractivity contribution >= 4 is 11.8 Å². The van der Waals surface area contributed by atoms with Gasteiger partial charge in [-0.1, -0.05) is 12.1 Å². The second-order valence-electron chi connectivity index (χ2n) is 6.66. The fourth-order valence-corrected chi connectivity index (χ4v) is 5.09. The van der Waals surface area contributed by atoms with E-state index >= 15 is 0 Å². The number of fused-ring (bicyclic) bond motifs is 2. The number of rotatable bonds is 4. The van der Waals surface area contributed by atoms with Gasteiger partial charge >= 0.3 is 0 Å². The van der Waals surface area contributed by atoms with Crippen molar-refractivity contribution in [2.75, 3.05) is 32.2 Å². The molecule has 2 aromatic rings. The second-order valence-corrected chi connectivity index (χ2v) is 7.85. The molecule has 5 rings (SSSR count). The Morgan fingerprint density at radius 1 is 1.00 bits per heavy atom. The summed E-state index contributed by atoms with van der Waals surface area (Å²) in [5.41, 5.74) is 4.08. The Hall–Kier alpha value is -1.85. The third-order valence-electron chi connectivity index (χ3n) is 5.11. The van der Waals surface area contributed by atoms with E-state index in [0.717, 1.165) is 49.8 Å². The van der Waals surface area contributed by atoms with Gasteiger partial charge in [0.25, 0.3) is 0 Å². The van der Waals surface area contributed by atoms with Crippen molar-refractivity contribution in [2.24, 2.45) is 0 Å². The van der Waals surface area contributed by atoms with Crippen LogP contribution in [-0.2, 0) is 12.8 Å². The summed E-state index contributed by atoms with van der Waals surface area (Å²) in [4.78, 5) is 2.59. The highest BCUT2D eigenvalue weighted by molar-refractivity contribution is 7.99. The Morgan fingerprint density at radius 2 is 1.92 bits per heavy atom. The third kappa shape index (κ3) is 2.96. The van der Waals surface area contributed by atoms with Gasteiger partial charge in [-0.2, -0.15) is 0 Å². The van der Waals surface area contributed by atoms with Gasteiger partial charge in [0, 0.05) is 25.3 Å². The van der Waals surface area contributed by atoms with Crippen LogP contribution in [0.25, 0.3) is 0 Å². The maximum atomic E-state index is 5.64. The first-order chi connectivity index (χ1) is 12.4. The minimum atomic E-state index is 0.339. The fourth-order valence-electron chi connectivity index (χ4n) is 3.77. The highest BCUT2D eigenvalue weighted by atomic mass is 32.2. The molecule has 3 aliphatic rings. The van der Waals surface area contributed by atoms with E-state index in [2.05, 4.69) is 35.2 Å². The van der Waals surface area contributed by atoms with Gasteiger partial charge in [-0.05, 0) is 47.4 Å². The summed E-state index contributed by atoms with van der Waals surface area (Å²) in [6, 6.07) is 13.0. The number of ether oxygens (including phenoxy) is 3. The molecule has 25 heavy (non-hydrogen) atoms. The van der Waals surface area contributed by atoms with E-state index < -0.39 is 0 Å². The molecule has 1 atom stereocenters. The van der Waals surface area contributed by atoms with Crippen molar-refractivity contribution in [1.82, 2.24) is 4.90 Å². The number of benzene rings is 2. The Labute approximate surface area is 152 Å². The van der Waals surface area contributed by atoms with Crippen molar-refractivity contribution in [3.63, 3.8) is 0 Å². The predicted molar refractivity (Wildman–Crippen MR) is 98.7 cm³/mol. The minimum absolute atomic E-state index is 0.339. The number of hydrogen-bond donors (Lipinski definition) is 0. The van der Waals surface area contributed by atoms with Crippen molar-refractivity contribution in [2.45, 2.75) is 18.2 Å². The molecule has 5 heteroatoms. The van der Waals surface area contributed by atoms with Crippen LogP contribution in [0.3, 0.4) is 0 Å². The van der Waals surface area contributed by atoms with Crippen LogP contribution in [0.4, 0.5) is 0 Å². The van der Waals surface area contributed by atoms with E-state index in [4.69, 9.17) is 14.2 Å². The molecule has 1 fully saturated rings. The zero-order valence-electron chi connectivity index (χ0n) is 14.1. The minimum Gasteiger partial charge on any atom is -0.493 e. The molecule has 130 valence electrons. The highest BCUT2D eigenvalue weighted by Crippen LogP contribution is 2.40. The summed E-state index contributed by atoms with van der Waals surface area (Å²) in [6.07, 6.45) is 2.07. The van der Waals surface area contributed by atoms with Crippen molar-refractivity contribution in [3.05, 3.63) is 53.1 Å². The van der Waals surface area contributed by atoms with Crippen LogP contribution in [0, 0.1) is 0 Å². The van der Waals surface area contributed by atoms with Gasteiger partial charge in [0.1, 0.15) is 5.75 Å². The maximum absolute atomic E-state index is 5.64. The Bertz CT molecular complexity index is 795. The van der Waals surface area contributed by atoms with Gasteiger partial charge in [0.2, 0.25) is 6.79 Å². The zero-order valence-corrected chi connectivity index (χ0v) is 14.9. The first-order valence-electron chi connectivity index (χ1n) is 8.87. The summed E-state index contributed by atoms with van der Waals surface area (Å²) in [6.45, 7) is 3.37. The zero-order chi connectivity index (χ0) is 16.6. The van der Waals surface area contributed by atoms with E-state index in [-0.39, 0.29) is 0 Å². The first-order valence-corrected chi connectivity index (χ1v) is 9.91. The topological polar surface area (TPSA) is 30.9 Å². The second kappa shape index (κ2) is 6.46. The van der Waals surface area contributed by atoms with Gasteiger partial charge < -0.3 is 14.2 Å². The monoisotopic (exact) mass is 355 g/mol. The molecule has 3 aliphatic heterocycles. The molecule has 1 saturated heterocycles. The Morgan fingerprint density at radius 3 is 2.92 bits per heavy atom. The summed E-state index contributed by atoms with van der Waals surface area (Å²) >= 11 is 2.04. The summed E-state index contributed by atoms with van der Waals surface area (Å²) in [5, 5.41) is 0.458. The van der Waals surface area contributed by atoms with E-state index in [1.54, 1.807) is 0 Å². The van der Waals surface area contributed by atoms with Gasteiger partial charge in [-0.25, -0.2) is 0 Å². The molecule has 3 heterocycles. The Kier molecular flexibility index (Phi) is 3.98. The van der Waals surface area contributed by atoms with Crippen molar-refractivity contribution < 1.29 is 14.2 Å². The molecule has 0 amide bonds. The molecular weight excluding hydrogens is 334 g/mol. The van der Waals surface area contributed by atoms with E-state index in [9.17, 15) is 0 Å². The first kappa shape index (κ1) is 15.4. The molecular formula is C20H21NO3S. The predicted octanol–water partition coefficient (Wildman–Crippen LogP) is 3.64. The molecule has 2 aromatic carbocycles. The normalized spacial score (nSPS) is 21.4. The molecule has 0 spiro atoms. The maximum Gasteiger partial charge on any atom is 0.231 e. The number of hydrogen-bond acceptors (Lipinski definition) is 5. The van der Waals surface area contributed by atoms with E-state index in [1.165, 1.54) is 22.4 Å². The SMILES string of the molecule is c1cc2c(cc1CCN1CCSC1c1ccc3c(c1)CCO3)OCO2. The van der Waals surface area contributed by atoms with Crippen LogP contribution < -0.4 is 14.2 Å². The largest absolute Gasteiger partial charge is 0.493 e. The van der Waals surface area contributed by atoms with Crippen LogP contribution in [0.15, 0.2) is 36.4 Å². The smallest absolute Gasteiger partial charge is 0.231 e. The quantitative estimate of drug-likeness (QED) is 0.836. The van der Waals surface area contributed by atoms with Crippen LogP contribution in [0.2, 0.25) is 0 Å². The molecule has 4 nitrogen and oxygen atoms in total. The fraction of sp³-hybridized carbons (Fsp3) is 0.400. The van der Waals surface area contributed by atoms with Crippen LogP contribution in [-0.4, -0.2) is 37.1 Å². The lowest BCUT2D eigenvalue weighted by molar-refractivity contribution is 0.174. The average molecular weight is 355 g/mol. The molecule has 0 aromatic heterocycles. The molecule has 0 radical (unpaired) electrons. The standard InChI is InChI=1S/C20H21NO3S/c1-3-18-19(24-13-23-18)11-14(1)5-7-21-8-10-25-20(21)16-2-4-17-15(12-16)6-9-22-17/h1-4,11-12,20H,5-10,13H2. The highest BCUT2D eigenvalue weighted by Gasteiger charge is 2.27. The molecule has 0 aliphatic carbocycles. The molecule has 0 bridgehead atoms. The lowest BCUT2D eigenvalue weighted by atomic mass is 10.1. The van der Waals surface area contributed by atoms with Crippen LogP contribution in [0.5, 0.6) is 17.2 Å². The average Bonchev–Trinajstić information content (AvgIpc) is 3.37. The molecule has 0 N–H and O–H groups in total. The van der Waals surface area contributed by atoms with E-state index in [0.29, 0.717) is 12.2 Å². The summed E-state index contributed by atoms with van der Waals surface area (Å²) in [7, 11) is 0. The van der Waals surface area contributed by atoms with Crippen molar-refractivity contribution in [3.8, 4) is 17.2 Å². The summed E-state index contributed by atoms with van der Waals surface area (Å²) < 4.78 is 16.5. The van der Waals surface area contributed by atoms with Gasteiger partial charge in [0.15, 0.2) is 11.5 Å². The van der Waals surface area contributed by atoms with Crippen molar-refractivity contribution in [1.29, 1.82) is 0 Å². The number of nitrogens with zero attached hydrogens (tertiary/aromatic N) is 1. The summed E-state index contributed by atoms with van der Waals surface area (Å²) in [5.74, 6) is 4.00. The lowest BCUT2D eigenvalue weighted by Crippen LogP contribution is -2.25. The molecule has 0 saturated carbocycles.